The van der Waals surface area contributed by atoms with E-state index in [0.29, 0.717) is 32.1 Å². The summed E-state index contributed by atoms with van der Waals surface area (Å²) in [6, 6.07) is 0. The molecular formula is C16H24F3NO3. The number of hydrogen-bond donors (Lipinski definition) is 2. The van der Waals surface area contributed by atoms with E-state index in [9.17, 15) is 22.8 Å². The largest absolute Gasteiger partial charge is 0.481 e. The summed E-state index contributed by atoms with van der Waals surface area (Å²) in [5.74, 6) is -3.06. The first-order valence-corrected chi connectivity index (χ1v) is 8.34. The van der Waals surface area contributed by atoms with Crippen LogP contribution < -0.4 is 5.32 Å². The van der Waals surface area contributed by atoms with Gasteiger partial charge in [0.1, 0.15) is 0 Å². The van der Waals surface area contributed by atoms with Crippen LogP contribution in [0.1, 0.15) is 57.8 Å². The van der Waals surface area contributed by atoms with Gasteiger partial charge in [-0.05, 0) is 25.7 Å². The zero-order valence-corrected chi connectivity index (χ0v) is 13.1. The maximum absolute atomic E-state index is 13.6. The van der Waals surface area contributed by atoms with E-state index >= 15 is 0 Å². The lowest BCUT2D eigenvalue weighted by molar-refractivity contribution is -0.227. The van der Waals surface area contributed by atoms with Gasteiger partial charge in [-0.1, -0.05) is 32.1 Å². The molecule has 4 nitrogen and oxygen atoms in total. The van der Waals surface area contributed by atoms with Gasteiger partial charge in [-0.3, -0.25) is 9.59 Å². The van der Waals surface area contributed by atoms with Gasteiger partial charge in [0.25, 0.3) is 0 Å². The number of halogens is 3. The van der Waals surface area contributed by atoms with Gasteiger partial charge in [0, 0.05) is 6.54 Å². The first kappa shape index (κ1) is 18.1. The number of carbonyl (C=O) groups is 2. The van der Waals surface area contributed by atoms with E-state index in [4.69, 9.17) is 5.11 Å². The molecule has 0 bridgehead atoms. The van der Waals surface area contributed by atoms with Crippen LogP contribution in [0.2, 0.25) is 0 Å². The third kappa shape index (κ3) is 3.98. The van der Waals surface area contributed by atoms with Gasteiger partial charge in [0.2, 0.25) is 5.91 Å². The van der Waals surface area contributed by atoms with Gasteiger partial charge in [-0.25, -0.2) is 0 Å². The molecule has 2 saturated carbocycles. The minimum atomic E-state index is -4.35. The number of carboxylic acids is 1. The average Bonchev–Trinajstić information content (AvgIpc) is 2.83. The lowest BCUT2D eigenvalue weighted by Crippen LogP contribution is -2.49. The van der Waals surface area contributed by atoms with Gasteiger partial charge in [-0.15, -0.1) is 0 Å². The Hall–Kier alpha value is -1.27. The highest BCUT2D eigenvalue weighted by atomic mass is 19.4. The summed E-state index contributed by atoms with van der Waals surface area (Å²) in [5.41, 5.74) is -1.86. The van der Waals surface area contributed by atoms with Crippen LogP contribution in [0.25, 0.3) is 0 Å². The smallest absolute Gasteiger partial charge is 0.396 e. The SMILES string of the molecule is O=C(NCC1(C(F)(F)F)CCCCCC1)[C@H]1CCC[C@H]1C(=O)O. The molecule has 0 spiro atoms. The standard InChI is InChI=1S/C16H24F3NO3/c17-16(18,19)15(8-3-1-2-4-9-15)10-20-13(21)11-6-5-7-12(11)14(22)23/h11-12H,1-10H2,(H,20,21)(H,22,23)/t11-,12+/m0/s1. The highest BCUT2D eigenvalue weighted by Gasteiger charge is 2.54. The Bertz CT molecular complexity index is 442. The Kier molecular flexibility index (Phi) is 5.57. The van der Waals surface area contributed by atoms with E-state index in [2.05, 4.69) is 5.32 Å². The minimum Gasteiger partial charge on any atom is -0.481 e. The van der Waals surface area contributed by atoms with Crippen LogP contribution in [0.3, 0.4) is 0 Å². The predicted octanol–water partition coefficient (Wildman–Crippen LogP) is 3.51. The van der Waals surface area contributed by atoms with E-state index in [1.165, 1.54) is 0 Å². The fourth-order valence-corrected chi connectivity index (χ4v) is 3.92. The molecule has 2 aliphatic carbocycles. The molecule has 23 heavy (non-hydrogen) atoms. The number of aliphatic carboxylic acids is 1. The number of amides is 1. The first-order valence-electron chi connectivity index (χ1n) is 8.34. The van der Waals surface area contributed by atoms with Crippen molar-refractivity contribution < 1.29 is 27.9 Å². The fraction of sp³-hybridized carbons (Fsp3) is 0.875. The molecule has 2 fully saturated rings. The van der Waals surface area contributed by atoms with Crippen LogP contribution in [-0.4, -0.2) is 29.7 Å². The quantitative estimate of drug-likeness (QED) is 0.773. The molecule has 0 heterocycles. The van der Waals surface area contributed by atoms with Crippen molar-refractivity contribution >= 4 is 11.9 Å². The highest BCUT2D eigenvalue weighted by Crippen LogP contribution is 2.47. The van der Waals surface area contributed by atoms with Crippen molar-refractivity contribution in [3.8, 4) is 0 Å². The van der Waals surface area contributed by atoms with E-state index in [0.717, 1.165) is 12.8 Å². The monoisotopic (exact) mass is 335 g/mol. The summed E-state index contributed by atoms with van der Waals surface area (Å²) in [6.45, 7) is -0.432. The van der Waals surface area contributed by atoms with Crippen molar-refractivity contribution in [3.05, 3.63) is 0 Å². The molecule has 2 atom stereocenters. The average molecular weight is 335 g/mol. The van der Waals surface area contributed by atoms with Gasteiger partial charge in [0.05, 0.1) is 17.3 Å². The molecule has 0 aromatic carbocycles. The van der Waals surface area contributed by atoms with Crippen molar-refractivity contribution in [1.82, 2.24) is 5.32 Å². The van der Waals surface area contributed by atoms with Crippen LogP contribution in [-0.2, 0) is 9.59 Å². The molecule has 0 radical (unpaired) electrons. The van der Waals surface area contributed by atoms with E-state index < -0.39 is 41.8 Å². The molecule has 0 aromatic rings. The summed E-state index contributed by atoms with van der Waals surface area (Å²) in [6.07, 6.45) is -0.225. The number of carbonyl (C=O) groups excluding carboxylic acids is 1. The minimum absolute atomic E-state index is 0.0316. The summed E-state index contributed by atoms with van der Waals surface area (Å²) in [7, 11) is 0. The number of alkyl halides is 3. The van der Waals surface area contributed by atoms with Crippen LogP contribution in [0.4, 0.5) is 13.2 Å². The Morgan fingerprint density at radius 2 is 1.57 bits per heavy atom. The van der Waals surface area contributed by atoms with Crippen molar-refractivity contribution in [2.24, 2.45) is 17.3 Å². The summed E-state index contributed by atoms with van der Waals surface area (Å²) < 4.78 is 40.7. The Morgan fingerprint density at radius 1 is 1.00 bits per heavy atom. The second kappa shape index (κ2) is 7.09. The van der Waals surface area contributed by atoms with Crippen molar-refractivity contribution in [1.29, 1.82) is 0 Å². The second-order valence-corrected chi connectivity index (χ2v) is 6.89. The van der Waals surface area contributed by atoms with Gasteiger partial charge < -0.3 is 10.4 Å². The Morgan fingerprint density at radius 3 is 2.09 bits per heavy atom. The number of carboxylic acid groups (broad SMARTS) is 1. The molecule has 2 aliphatic rings. The third-order valence-corrected chi connectivity index (χ3v) is 5.43. The summed E-state index contributed by atoms with van der Waals surface area (Å²) in [4.78, 5) is 23.3. The van der Waals surface area contributed by atoms with Crippen molar-refractivity contribution in [2.75, 3.05) is 6.54 Å². The number of hydrogen-bond acceptors (Lipinski definition) is 2. The van der Waals surface area contributed by atoms with Crippen molar-refractivity contribution in [3.63, 3.8) is 0 Å². The predicted molar refractivity (Wildman–Crippen MR) is 77.7 cm³/mol. The van der Waals surface area contributed by atoms with E-state index in [1.54, 1.807) is 0 Å². The second-order valence-electron chi connectivity index (χ2n) is 6.89. The fourth-order valence-electron chi connectivity index (χ4n) is 3.92. The van der Waals surface area contributed by atoms with Crippen molar-refractivity contribution in [2.45, 2.75) is 64.0 Å². The number of nitrogens with one attached hydrogen (secondary N) is 1. The third-order valence-electron chi connectivity index (χ3n) is 5.43. The van der Waals surface area contributed by atoms with Gasteiger partial charge >= 0.3 is 12.1 Å². The van der Waals surface area contributed by atoms with E-state index in [1.807, 2.05) is 0 Å². The molecular weight excluding hydrogens is 311 g/mol. The lowest BCUT2D eigenvalue weighted by Gasteiger charge is -2.35. The van der Waals surface area contributed by atoms with E-state index in [-0.39, 0.29) is 12.8 Å². The maximum atomic E-state index is 13.6. The lowest BCUT2D eigenvalue weighted by atomic mass is 9.79. The van der Waals surface area contributed by atoms with Gasteiger partial charge in [0.15, 0.2) is 0 Å². The normalized spacial score (nSPS) is 28.1. The zero-order chi connectivity index (χ0) is 17.1. The summed E-state index contributed by atoms with van der Waals surface area (Å²) in [5, 5.41) is 11.5. The molecule has 132 valence electrons. The van der Waals surface area contributed by atoms with Crippen LogP contribution in [0.5, 0.6) is 0 Å². The molecule has 1 amide bonds. The Balaban J connectivity index is 2.03. The summed E-state index contributed by atoms with van der Waals surface area (Å²) >= 11 is 0. The zero-order valence-electron chi connectivity index (χ0n) is 13.1. The molecule has 2 rings (SSSR count). The van der Waals surface area contributed by atoms with Crippen LogP contribution >= 0.6 is 0 Å². The van der Waals surface area contributed by atoms with Gasteiger partial charge in [-0.2, -0.15) is 13.2 Å². The number of rotatable bonds is 4. The molecule has 0 aromatic heterocycles. The highest BCUT2D eigenvalue weighted by molar-refractivity contribution is 5.85. The molecule has 0 unspecified atom stereocenters. The molecule has 0 saturated heterocycles. The Labute approximate surface area is 133 Å². The molecule has 2 N–H and O–H groups in total. The van der Waals surface area contributed by atoms with Crippen LogP contribution in [0, 0.1) is 17.3 Å². The molecule has 7 heteroatoms. The maximum Gasteiger partial charge on any atom is 0.396 e. The molecule has 0 aliphatic heterocycles. The first-order chi connectivity index (χ1) is 10.8. The van der Waals surface area contributed by atoms with Crippen LogP contribution in [0.15, 0.2) is 0 Å². The topological polar surface area (TPSA) is 66.4 Å².